The average molecular weight is 394 g/mol. The molecule has 0 saturated heterocycles. The first-order chi connectivity index (χ1) is 10.3. The van der Waals surface area contributed by atoms with Crippen molar-refractivity contribution in [3.05, 3.63) is 34.0 Å². The Morgan fingerprint density at radius 3 is 2.46 bits per heavy atom. The van der Waals surface area contributed by atoms with E-state index >= 15 is 0 Å². The Hall–Kier alpha value is -0.590. The van der Waals surface area contributed by atoms with Gasteiger partial charge in [-0.3, -0.25) is 10.1 Å². The summed E-state index contributed by atoms with van der Waals surface area (Å²) in [6.07, 6.45) is 2.97. The number of nitrogens with one attached hydrogen (secondary N) is 3. The van der Waals surface area contributed by atoms with E-state index in [1.54, 1.807) is 11.3 Å². The van der Waals surface area contributed by atoms with Crippen LogP contribution in [0.2, 0.25) is 0 Å². The molecule has 0 aromatic carbocycles. The molecule has 138 valence electrons. The molecule has 0 spiro atoms. The van der Waals surface area contributed by atoms with Crippen LogP contribution < -0.4 is 16.0 Å². The first-order valence-corrected chi connectivity index (χ1v) is 8.72. The van der Waals surface area contributed by atoms with E-state index in [4.69, 9.17) is 0 Å². The van der Waals surface area contributed by atoms with Gasteiger partial charge < -0.3 is 10.6 Å². The van der Waals surface area contributed by atoms with Gasteiger partial charge in [0.15, 0.2) is 0 Å². The maximum absolute atomic E-state index is 12.3. The molecule has 1 amide bonds. The lowest BCUT2D eigenvalue weighted by Gasteiger charge is -2.27. The van der Waals surface area contributed by atoms with Crippen LogP contribution in [0.3, 0.4) is 0 Å². The molecule has 1 aromatic heterocycles. The fourth-order valence-corrected chi connectivity index (χ4v) is 3.61. The fraction of sp³-hybridized carbons (Fsp3) is 0.588. The smallest absolute Gasteiger partial charge is 0.248 e. The van der Waals surface area contributed by atoms with Crippen LogP contribution in [0.15, 0.2) is 29.2 Å². The highest BCUT2D eigenvalue weighted by molar-refractivity contribution is 7.09. The Balaban J connectivity index is 0.00000264. The summed E-state index contributed by atoms with van der Waals surface area (Å²) in [5, 5.41) is 12.0. The standard InChI is InChI=1S/C17H27N3OS.2ClH/c1-16(2)11-14(17(3,4)20-16)15(21)19-9-6-8-18-12-13-7-5-10-22-13;;/h5,7,10-11,18,20H,6,8-9,12H2,1-4H3,(H,19,21);2*1H. The van der Waals surface area contributed by atoms with E-state index in [1.807, 2.05) is 6.08 Å². The molecule has 24 heavy (non-hydrogen) atoms. The molecule has 0 fully saturated rings. The van der Waals surface area contributed by atoms with E-state index in [0.29, 0.717) is 6.54 Å². The van der Waals surface area contributed by atoms with Gasteiger partial charge in [-0.2, -0.15) is 0 Å². The van der Waals surface area contributed by atoms with Gasteiger partial charge in [-0.25, -0.2) is 0 Å². The third kappa shape index (κ3) is 6.73. The number of carbonyl (C=O) groups excluding carboxylic acids is 1. The number of hydrogen-bond donors (Lipinski definition) is 3. The Morgan fingerprint density at radius 1 is 1.21 bits per heavy atom. The highest BCUT2D eigenvalue weighted by atomic mass is 35.5. The summed E-state index contributed by atoms with van der Waals surface area (Å²) in [5.74, 6) is 0.0429. The van der Waals surface area contributed by atoms with Crippen molar-refractivity contribution in [1.29, 1.82) is 0 Å². The fourth-order valence-electron chi connectivity index (χ4n) is 2.93. The molecule has 0 saturated carbocycles. The minimum atomic E-state index is -0.273. The van der Waals surface area contributed by atoms with Gasteiger partial charge in [0.2, 0.25) is 5.91 Å². The lowest BCUT2D eigenvalue weighted by molar-refractivity contribution is -0.118. The zero-order valence-electron chi connectivity index (χ0n) is 14.8. The molecular weight excluding hydrogens is 365 g/mol. The summed E-state index contributed by atoms with van der Waals surface area (Å²) >= 11 is 1.76. The van der Waals surface area contributed by atoms with Crippen molar-refractivity contribution < 1.29 is 4.79 Å². The Morgan fingerprint density at radius 2 is 1.92 bits per heavy atom. The van der Waals surface area contributed by atoms with Crippen molar-refractivity contribution in [1.82, 2.24) is 16.0 Å². The number of thiophene rings is 1. The van der Waals surface area contributed by atoms with Gasteiger partial charge in [0.05, 0.1) is 0 Å². The van der Waals surface area contributed by atoms with E-state index in [-0.39, 0.29) is 41.8 Å². The third-order valence-corrected chi connectivity index (χ3v) is 4.63. The maximum Gasteiger partial charge on any atom is 0.248 e. The van der Waals surface area contributed by atoms with Gasteiger partial charge in [-0.1, -0.05) is 12.1 Å². The van der Waals surface area contributed by atoms with Crippen LogP contribution in [-0.2, 0) is 11.3 Å². The molecule has 0 unspecified atom stereocenters. The van der Waals surface area contributed by atoms with Gasteiger partial charge in [0, 0.05) is 34.6 Å². The second-order valence-corrected chi connectivity index (χ2v) is 7.93. The molecule has 2 rings (SSSR count). The molecule has 0 atom stereocenters. The lowest BCUT2D eigenvalue weighted by Crippen LogP contribution is -2.47. The molecule has 1 aliphatic rings. The molecule has 1 aromatic rings. The SMILES string of the molecule is CC1(C)C=C(C(=O)NCCCNCc2cccs2)C(C)(C)N1.Cl.Cl. The van der Waals surface area contributed by atoms with Gasteiger partial charge in [0.1, 0.15) is 0 Å². The number of amides is 1. The molecule has 0 aliphatic carbocycles. The van der Waals surface area contributed by atoms with Crippen LogP contribution in [0, 0.1) is 0 Å². The second kappa shape index (κ2) is 9.78. The average Bonchev–Trinajstić information content (AvgIpc) is 2.98. The van der Waals surface area contributed by atoms with E-state index in [9.17, 15) is 4.79 Å². The first-order valence-electron chi connectivity index (χ1n) is 7.84. The first kappa shape index (κ1) is 23.4. The summed E-state index contributed by atoms with van der Waals surface area (Å²) in [5.41, 5.74) is 0.438. The predicted octanol–water partition coefficient (Wildman–Crippen LogP) is 3.27. The van der Waals surface area contributed by atoms with Crippen LogP contribution in [0.5, 0.6) is 0 Å². The van der Waals surface area contributed by atoms with Crippen LogP contribution in [0.1, 0.15) is 39.0 Å². The van der Waals surface area contributed by atoms with Crippen LogP contribution in [0.25, 0.3) is 0 Å². The number of rotatable bonds is 7. The largest absolute Gasteiger partial charge is 0.352 e. The summed E-state index contributed by atoms with van der Waals surface area (Å²) in [4.78, 5) is 13.7. The van der Waals surface area contributed by atoms with E-state index in [0.717, 1.165) is 25.1 Å². The molecule has 3 N–H and O–H groups in total. The monoisotopic (exact) mass is 393 g/mol. The van der Waals surface area contributed by atoms with Gasteiger partial charge in [-0.05, 0) is 52.1 Å². The van der Waals surface area contributed by atoms with Crippen molar-refractivity contribution in [3.63, 3.8) is 0 Å². The Labute approximate surface area is 161 Å². The molecule has 2 heterocycles. The number of hydrogen-bond acceptors (Lipinski definition) is 4. The van der Waals surface area contributed by atoms with Gasteiger partial charge >= 0.3 is 0 Å². The minimum Gasteiger partial charge on any atom is -0.352 e. The van der Waals surface area contributed by atoms with Crippen LogP contribution in [0.4, 0.5) is 0 Å². The zero-order valence-corrected chi connectivity index (χ0v) is 17.2. The van der Waals surface area contributed by atoms with Crippen LogP contribution >= 0.6 is 36.2 Å². The quantitative estimate of drug-likeness (QED) is 0.623. The number of halogens is 2. The molecular formula is C17H29Cl2N3OS. The highest BCUT2D eigenvalue weighted by Gasteiger charge is 2.39. The predicted molar refractivity (Wildman–Crippen MR) is 108 cm³/mol. The second-order valence-electron chi connectivity index (χ2n) is 6.90. The molecule has 1 aliphatic heterocycles. The molecule has 7 heteroatoms. The summed E-state index contributed by atoms with van der Waals surface area (Å²) in [6.45, 7) is 10.8. The van der Waals surface area contributed by atoms with Gasteiger partial charge in [0.25, 0.3) is 0 Å². The van der Waals surface area contributed by atoms with Crippen molar-refractivity contribution in [2.75, 3.05) is 13.1 Å². The zero-order chi connectivity index (χ0) is 16.2. The maximum atomic E-state index is 12.3. The molecule has 0 bridgehead atoms. The molecule has 0 radical (unpaired) electrons. The van der Waals surface area contributed by atoms with E-state index in [2.05, 4.69) is 61.2 Å². The van der Waals surface area contributed by atoms with E-state index < -0.39 is 0 Å². The Kier molecular flexibility index (Phi) is 9.54. The van der Waals surface area contributed by atoms with Crippen molar-refractivity contribution in [2.45, 2.75) is 51.7 Å². The van der Waals surface area contributed by atoms with Crippen LogP contribution in [-0.4, -0.2) is 30.1 Å². The van der Waals surface area contributed by atoms with Crippen molar-refractivity contribution in [2.24, 2.45) is 0 Å². The molecule has 4 nitrogen and oxygen atoms in total. The van der Waals surface area contributed by atoms with E-state index in [1.165, 1.54) is 4.88 Å². The Bertz CT molecular complexity index is 542. The summed E-state index contributed by atoms with van der Waals surface area (Å²) in [6, 6.07) is 4.19. The number of carbonyl (C=O) groups is 1. The van der Waals surface area contributed by atoms with Gasteiger partial charge in [-0.15, -0.1) is 36.2 Å². The topological polar surface area (TPSA) is 53.2 Å². The summed E-state index contributed by atoms with van der Waals surface area (Å²) in [7, 11) is 0. The highest BCUT2D eigenvalue weighted by Crippen LogP contribution is 2.29. The normalized spacial score (nSPS) is 17.4. The minimum absolute atomic E-state index is 0. The summed E-state index contributed by atoms with van der Waals surface area (Å²) < 4.78 is 0. The van der Waals surface area contributed by atoms with Crippen molar-refractivity contribution >= 4 is 42.1 Å². The third-order valence-electron chi connectivity index (χ3n) is 3.75. The van der Waals surface area contributed by atoms with Crippen molar-refractivity contribution in [3.8, 4) is 0 Å². The lowest BCUT2D eigenvalue weighted by atomic mass is 9.96.